The number of halogens is 1. The first-order valence-corrected chi connectivity index (χ1v) is 14.0. The molecule has 2 aromatic heterocycles. The van der Waals surface area contributed by atoms with Crippen LogP contribution in [-0.4, -0.2) is 22.0 Å². The van der Waals surface area contributed by atoms with Crippen LogP contribution >= 0.6 is 58.3 Å². The molecule has 32 heavy (non-hydrogen) atoms. The van der Waals surface area contributed by atoms with Gasteiger partial charge in [-0.25, -0.2) is 0 Å². The molecule has 4 aliphatic rings. The molecular weight excluding hydrogens is 500 g/mol. The molecular formula is C23H17ClN2O2S4. The summed E-state index contributed by atoms with van der Waals surface area (Å²) >= 11 is 16.8. The number of rotatable bonds is 2. The zero-order chi connectivity index (χ0) is 21.7. The number of nitrogens with zero attached hydrogens (tertiary/aromatic N) is 1. The second-order valence-corrected chi connectivity index (χ2v) is 13.3. The largest absolute Gasteiger partial charge is 0.332 e. The Morgan fingerprint density at radius 1 is 1.06 bits per heavy atom. The molecule has 4 nitrogen and oxygen atoms in total. The van der Waals surface area contributed by atoms with E-state index in [9.17, 15) is 9.59 Å². The van der Waals surface area contributed by atoms with E-state index in [1.165, 1.54) is 14.7 Å². The summed E-state index contributed by atoms with van der Waals surface area (Å²) in [7, 11) is 0. The maximum Gasteiger partial charge on any atom is 0.238 e. The lowest BCUT2D eigenvalue weighted by molar-refractivity contribution is -0.123. The molecule has 2 aliphatic heterocycles. The molecule has 1 N–H and O–H groups in total. The number of carbonyl (C=O) groups excluding carboxylic acids is 2. The van der Waals surface area contributed by atoms with E-state index in [0.717, 1.165) is 15.4 Å². The second kappa shape index (κ2) is 7.03. The number of hydrogen-bond donors (Lipinski definition) is 1. The number of thiophene rings is 1. The Morgan fingerprint density at radius 2 is 1.81 bits per heavy atom. The van der Waals surface area contributed by atoms with E-state index < -0.39 is 0 Å². The Hall–Kier alpha value is -1.45. The second-order valence-electron chi connectivity index (χ2n) is 8.96. The predicted octanol–water partition coefficient (Wildman–Crippen LogP) is 6.20. The van der Waals surface area contributed by atoms with Gasteiger partial charge < -0.3 is 4.98 Å². The topological polar surface area (TPSA) is 53.2 Å². The third-order valence-corrected chi connectivity index (χ3v) is 11.8. The van der Waals surface area contributed by atoms with E-state index in [1.54, 1.807) is 46.9 Å². The highest BCUT2D eigenvalue weighted by Crippen LogP contribution is 2.69. The highest BCUT2D eigenvalue weighted by molar-refractivity contribution is 8.00. The SMILES string of the molecule is O=C1C2C3CC(C2C(=O)N1c1ccc(Cl)cc1)C1C(c2cccs2)c2sc(=S)[nH]c2SC31. The van der Waals surface area contributed by atoms with Crippen LogP contribution in [0.15, 0.2) is 46.8 Å². The number of anilines is 1. The van der Waals surface area contributed by atoms with Crippen molar-refractivity contribution in [3.05, 3.63) is 60.5 Å². The van der Waals surface area contributed by atoms with Crippen molar-refractivity contribution >= 4 is 75.8 Å². The number of carbonyl (C=O) groups is 2. The van der Waals surface area contributed by atoms with Gasteiger partial charge in [-0.1, -0.05) is 17.7 Å². The zero-order valence-electron chi connectivity index (χ0n) is 16.6. The van der Waals surface area contributed by atoms with Crippen LogP contribution in [0.5, 0.6) is 0 Å². The highest BCUT2D eigenvalue weighted by atomic mass is 35.5. The Bertz CT molecular complexity index is 1310. The summed E-state index contributed by atoms with van der Waals surface area (Å²) in [5, 5.41) is 4.20. The number of thiazole rings is 1. The molecule has 7 unspecified atom stereocenters. The monoisotopic (exact) mass is 516 g/mol. The summed E-state index contributed by atoms with van der Waals surface area (Å²) < 4.78 is 0.803. The minimum absolute atomic E-state index is 0.0318. The molecule has 2 bridgehead atoms. The summed E-state index contributed by atoms with van der Waals surface area (Å²) in [4.78, 5) is 34.7. The average Bonchev–Trinajstić information content (AvgIpc) is 3.57. The van der Waals surface area contributed by atoms with Gasteiger partial charge in [0.05, 0.1) is 22.5 Å². The van der Waals surface area contributed by atoms with Crippen LogP contribution in [0.4, 0.5) is 5.69 Å². The van der Waals surface area contributed by atoms with Gasteiger partial charge >= 0.3 is 0 Å². The number of aromatic amines is 1. The number of fused-ring (bicyclic) bond motifs is 9. The van der Waals surface area contributed by atoms with Gasteiger partial charge in [0.1, 0.15) is 0 Å². The molecule has 2 saturated carbocycles. The first-order chi connectivity index (χ1) is 15.5. The van der Waals surface area contributed by atoms with Crippen molar-refractivity contribution in [3.8, 4) is 0 Å². The van der Waals surface area contributed by atoms with E-state index in [4.69, 9.17) is 23.8 Å². The first kappa shape index (κ1) is 20.0. The lowest BCUT2D eigenvalue weighted by atomic mass is 9.69. The minimum Gasteiger partial charge on any atom is -0.332 e. The minimum atomic E-state index is -0.221. The zero-order valence-corrected chi connectivity index (χ0v) is 20.6. The number of benzene rings is 1. The van der Waals surface area contributed by atoms with Crippen LogP contribution in [0.3, 0.4) is 0 Å². The fraction of sp³-hybridized carbons (Fsp3) is 0.348. The van der Waals surface area contributed by atoms with Crippen molar-refractivity contribution in [2.75, 3.05) is 4.90 Å². The number of H-pyrrole nitrogens is 1. The van der Waals surface area contributed by atoms with Crippen molar-refractivity contribution < 1.29 is 9.59 Å². The lowest BCUT2D eigenvalue weighted by Crippen LogP contribution is -2.42. The molecule has 2 amide bonds. The van der Waals surface area contributed by atoms with Crippen LogP contribution in [-0.2, 0) is 9.59 Å². The number of amides is 2. The highest BCUT2D eigenvalue weighted by Gasteiger charge is 2.69. The molecule has 0 radical (unpaired) electrons. The van der Waals surface area contributed by atoms with Crippen molar-refractivity contribution in [2.45, 2.75) is 22.6 Å². The molecule has 0 spiro atoms. The Balaban J connectivity index is 1.32. The van der Waals surface area contributed by atoms with Crippen molar-refractivity contribution in [1.82, 2.24) is 4.98 Å². The van der Waals surface area contributed by atoms with Gasteiger partial charge in [0.15, 0.2) is 3.95 Å². The van der Waals surface area contributed by atoms with Crippen molar-refractivity contribution in [2.24, 2.45) is 29.6 Å². The summed E-state index contributed by atoms with van der Waals surface area (Å²) in [5.74, 6) is 0.517. The first-order valence-electron chi connectivity index (χ1n) is 10.6. The van der Waals surface area contributed by atoms with Crippen molar-refractivity contribution in [3.63, 3.8) is 0 Å². The fourth-order valence-electron chi connectivity index (χ4n) is 6.65. The van der Waals surface area contributed by atoms with Gasteiger partial charge in [-0.05, 0) is 72.1 Å². The number of hydrogen-bond acceptors (Lipinski definition) is 6. The van der Waals surface area contributed by atoms with E-state index in [-0.39, 0.29) is 41.4 Å². The molecule has 7 rings (SSSR count). The molecule has 162 valence electrons. The van der Waals surface area contributed by atoms with Gasteiger partial charge in [-0.3, -0.25) is 14.5 Å². The standard InChI is InChI=1S/C23H17ClN2O2S4/c24-9-3-5-10(6-4-9)26-21(27)15-11-8-12(16(15)22(26)28)18-14(11)17(13-2-1-7-30-13)19-20(31-18)25-23(29)32-19/h1-7,11-12,14-18H,8H2,(H,25,29). The summed E-state index contributed by atoms with van der Waals surface area (Å²) in [6.07, 6.45) is 0.959. The van der Waals surface area contributed by atoms with Crippen LogP contribution in [0.1, 0.15) is 22.1 Å². The third kappa shape index (κ3) is 2.59. The molecule has 4 heterocycles. The number of aromatic nitrogens is 1. The molecule has 3 fully saturated rings. The normalized spacial score (nSPS) is 34.7. The van der Waals surface area contributed by atoms with Gasteiger partial charge in [0.2, 0.25) is 11.8 Å². The Labute approximate surface area is 207 Å². The molecule has 1 saturated heterocycles. The van der Waals surface area contributed by atoms with Crippen LogP contribution < -0.4 is 4.90 Å². The van der Waals surface area contributed by atoms with Crippen LogP contribution in [0.25, 0.3) is 0 Å². The van der Waals surface area contributed by atoms with E-state index in [0.29, 0.717) is 21.9 Å². The summed E-state index contributed by atoms with van der Waals surface area (Å²) in [6, 6.07) is 11.3. The molecule has 3 aromatic rings. The number of nitrogens with one attached hydrogen (secondary N) is 1. The van der Waals surface area contributed by atoms with Gasteiger partial charge in [-0.2, -0.15) is 0 Å². The van der Waals surface area contributed by atoms with Gasteiger partial charge in [0, 0.05) is 25.9 Å². The lowest BCUT2D eigenvalue weighted by Gasteiger charge is -2.42. The van der Waals surface area contributed by atoms with E-state index >= 15 is 0 Å². The maximum absolute atomic E-state index is 13.6. The summed E-state index contributed by atoms with van der Waals surface area (Å²) in [5.41, 5.74) is 0.631. The molecule has 7 atom stereocenters. The third-order valence-electron chi connectivity index (χ3n) is 7.66. The van der Waals surface area contributed by atoms with Crippen molar-refractivity contribution in [1.29, 1.82) is 0 Å². The number of thioether (sulfide) groups is 1. The smallest absolute Gasteiger partial charge is 0.238 e. The maximum atomic E-state index is 13.6. The number of imide groups is 1. The average molecular weight is 517 g/mol. The quantitative estimate of drug-likeness (QED) is 0.325. The van der Waals surface area contributed by atoms with Crippen LogP contribution in [0.2, 0.25) is 5.02 Å². The van der Waals surface area contributed by atoms with Gasteiger partial charge in [0.25, 0.3) is 0 Å². The Morgan fingerprint density at radius 3 is 2.53 bits per heavy atom. The molecule has 2 aliphatic carbocycles. The van der Waals surface area contributed by atoms with Gasteiger partial charge in [-0.15, -0.1) is 34.4 Å². The predicted molar refractivity (Wildman–Crippen MR) is 131 cm³/mol. The summed E-state index contributed by atoms with van der Waals surface area (Å²) in [6.45, 7) is 0. The fourth-order valence-corrected chi connectivity index (χ4v) is 11.1. The van der Waals surface area contributed by atoms with E-state index in [2.05, 4.69) is 22.5 Å². The molecule has 1 aromatic carbocycles. The van der Waals surface area contributed by atoms with E-state index in [1.807, 2.05) is 11.8 Å². The van der Waals surface area contributed by atoms with Crippen LogP contribution in [0, 0.1) is 33.5 Å². The Kier molecular flexibility index (Phi) is 4.38. The molecule has 9 heteroatoms.